The molecule has 14 heavy (non-hydrogen) atoms. The molecule has 0 unspecified atom stereocenters. The fraction of sp³-hybridized carbons (Fsp3) is 0. The molecule has 0 aliphatic heterocycles. The highest BCUT2D eigenvalue weighted by atomic mass is 16.3. The van der Waals surface area contributed by atoms with Crippen LogP contribution in [-0.2, 0) is 0 Å². The summed E-state index contributed by atoms with van der Waals surface area (Å²) in [4.78, 5) is 6.68. The second-order valence-corrected chi connectivity index (χ2v) is 2.74. The van der Waals surface area contributed by atoms with E-state index in [1.807, 2.05) is 0 Å². The molecule has 0 saturated heterocycles. The van der Waals surface area contributed by atoms with Crippen molar-refractivity contribution in [1.29, 1.82) is 0 Å². The monoisotopic (exact) mass is 186 g/mol. The number of hydrogen-bond donors (Lipinski definition) is 1. The van der Waals surface area contributed by atoms with Gasteiger partial charge in [0.2, 0.25) is 0 Å². The molecule has 68 valence electrons. The quantitative estimate of drug-likeness (QED) is 0.422. The van der Waals surface area contributed by atoms with E-state index in [0.717, 1.165) is 5.39 Å². The molecule has 0 bridgehead atoms. The van der Waals surface area contributed by atoms with Crippen molar-refractivity contribution in [3.05, 3.63) is 40.8 Å². The smallest absolute Gasteiger partial charge is 0.127 e. The minimum atomic E-state index is 0.142. The Bertz CT molecular complexity index is 531. The lowest BCUT2D eigenvalue weighted by Gasteiger charge is -1.98. The third kappa shape index (κ3) is 1.44. The first kappa shape index (κ1) is 8.34. The average Bonchev–Trinajstić information content (AvgIpc) is 2.17. The molecule has 0 saturated carbocycles. The fourth-order valence-corrected chi connectivity index (χ4v) is 1.20. The number of phenolic OH excluding ortho intramolecular Hbond substituents is 1. The summed E-state index contributed by atoms with van der Waals surface area (Å²) in [6.07, 6.45) is 0. The molecule has 0 spiro atoms. The molecule has 0 amide bonds. The number of phenols is 1. The predicted molar refractivity (Wildman–Crippen MR) is 52.2 cm³/mol. The Morgan fingerprint density at radius 1 is 1.29 bits per heavy atom. The van der Waals surface area contributed by atoms with Gasteiger partial charge in [0.05, 0.1) is 5.52 Å². The maximum atomic E-state index is 9.21. The zero-order valence-corrected chi connectivity index (χ0v) is 7.12. The highest BCUT2D eigenvalue weighted by Crippen LogP contribution is 2.20. The van der Waals surface area contributed by atoms with Crippen LogP contribution < -0.4 is 0 Å². The summed E-state index contributed by atoms with van der Waals surface area (Å²) in [5.74, 6) is 0.439. The number of rotatable bonds is 1. The summed E-state index contributed by atoms with van der Waals surface area (Å²) in [5.41, 5.74) is 8.82. The van der Waals surface area contributed by atoms with Crippen LogP contribution in [0.1, 0.15) is 0 Å². The topological polar surface area (TPSA) is 81.9 Å². The first-order valence-corrected chi connectivity index (χ1v) is 3.94. The SMILES string of the molecule is [N-]=[N+]=Nc1ccc2ccc(O)cc2n1. The number of aromatic nitrogens is 1. The standard InChI is InChI=1S/C9H6N4O/c10-13-12-9-4-2-6-1-3-7(14)5-8(6)11-9/h1-5,14H. The van der Waals surface area contributed by atoms with Gasteiger partial charge in [-0.3, -0.25) is 0 Å². The molecule has 1 aromatic carbocycles. The number of hydrogen-bond acceptors (Lipinski definition) is 3. The van der Waals surface area contributed by atoms with Gasteiger partial charge in [-0.25, -0.2) is 4.98 Å². The second-order valence-electron chi connectivity index (χ2n) is 2.74. The zero-order chi connectivity index (χ0) is 9.97. The first-order valence-electron chi connectivity index (χ1n) is 3.94. The summed E-state index contributed by atoms with van der Waals surface area (Å²) in [6.45, 7) is 0. The second kappa shape index (κ2) is 3.24. The molecular weight excluding hydrogens is 180 g/mol. The third-order valence-corrected chi connectivity index (χ3v) is 1.81. The van der Waals surface area contributed by atoms with Gasteiger partial charge in [0.25, 0.3) is 0 Å². The van der Waals surface area contributed by atoms with Crippen LogP contribution in [0, 0.1) is 0 Å². The highest BCUT2D eigenvalue weighted by molar-refractivity contribution is 5.81. The van der Waals surface area contributed by atoms with E-state index >= 15 is 0 Å². The number of fused-ring (bicyclic) bond motifs is 1. The summed E-state index contributed by atoms with van der Waals surface area (Å²) in [5, 5.41) is 13.5. The number of azide groups is 1. The van der Waals surface area contributed by atoms with Crippen LogP contribution in [0.3, 0.4) is 0 Å². The van der Waals surface area contributed by atoms with E-state index in [-0.39, 0.29) is 5.75 Å². The predicted octanol–water partition coefficient (Wildman–Crippen LogP) is 2.88. The molecule has 1 aromatic heterocycles. The van der Waals surface area contributed by atoms with Crippen LogP contribution in [0.5, 0.6) is 5.75 Å². The van der Waals surface area contributed by atoms with E-state index < -0.39 is 0 Å². The van der Waals surface area contributed by atoms with Crippen molar-refractivity contribution in [3.63, 3.8) is 0 Å². The van der Waals surface area contributed by atoms with Gasteiger partial charge in [-0.05, 0) is 28.8 Å². The summed E-state index contributed by atoms with van der Waals surface area (Å²) in [6, 6.07) is 8.26. The van der Waals surface area contributed by atoms with Gasteiger partial charge in [0.15, 0.2) is 0 Å². The molecule has 0 aliphatic carbocycles. The van der Waals surface area contributed by atoms with Crippen molar-refractivity contribution >= 4 is 16.7 Å². The molecule has 0 aliphatic rings. The van der Waals surface area contributed by atoms with Crippen molar-refractivity contribution in [2.45, 2.75) is 0 Å². The minimum absolute atomic E-state index is 0.142. The van der Waals surface area contributed by atoms with Crippen molar-refractivity contribution in [2.24, 2.45) is 5.11 Å². The van der Waals surface area contributed by atoms with E-state index in [4.69, 9.17) is 5.53 Å². The van der Waals surface area contributed by atoms with Crippen molar-refractivity contribution in [3.8, 4) is 5.75 Å². The van der Waals surface area contributed by atoms with Crippen LogP contribution in [-0.4, -0.2) is 10.1 Å². The van der Waals surface area contributed by atoms with Crippen LogP contribution in [0.25, 0.3) is 21.3 Å². The summed E-state index contributed by atoms with van der Waals surface area (Å²) < 4.78 is 0. The number of pyridine rings is 1. The Morgan fingerprint density at radius 3 is 2.86 bits per heavy atom. The first-order chi connectivity index (χ1) is 6.79. The third-order valence-electron chi connectivity index (χ3n) is 1.81. The van der Waals surface area contributed by atoms with Crippen molar-refractivity contribution in [2.75, 3.05) is 0 Å². The molecule has 5 nitrogen and oxygen atoms in total. The Hall–Kier alpha value is -2.26. The van der Waals surface area contributed by atoms with E-state index in [0.29, 0.717) is 11.3 Å². The lowest BCUT2D eigenvalue weighted by atomic mass is 10.2. The molecular formula is C9H6N4O. The molecule has 2 aromatic rings. The Balaban J connectivity index is 2.69. The molecule has 5 heteroatoms. The van der Waals surface area contributed by atoms with Gasteiger partial charge in [-0.2, -0.15) is 0 Å². The van der Waals surface area contributed by atoms with Gasteiger partial charge in [-0.1, -0.05) is 6.07 Å². The molecule has 0 radical (unpaired) electrons. The largest absolute Gasteiger partial charge is 0.508 e. The van der Waals surface area contributed by atoms with Crippen LogP contribution >= 0.6 is 0 Å². The molecule has 0 atom stereocenters. The van der Waals surface area contributed by atoms with Crippen molar-refractivity contribution < 1.29 is 5.11 Å². The lowest BCUT2D eigenvalue weighted by Crippen LogP contribution is -1.77. The lowest BCUT2D eigenvalue weighted by molar-refractivity contribution is 0.476. The minimum Gasteiger partial charge on any atom is -0.508 e. The van der Waals surface area contributed by atoms with Gasteiger partial charge in [0.1, 0.15) is 11.6 Å². The summed E-state index contributed by atoms with van der Waals surface area (Å²) >= 11 is 0. The highest BCUT2D eigenvalue weighted by Gasteiger charge is 1.97. The Labute approximate surface area is 79.3 Å². The summed E-state index contributed by atoms with van der Waals surface area (Å²) in [7, 11) is 0. The van der Waals surface area contributed by atoms with Gasteiger partial charge in [0, 0.05) is 16.4 Å². The van der Waals surface area contributed by atoms with Gasteiger partial charge >= 0.3 is 0 Å². The maximum Gasteiger partial charge on any atom is 0.127 e. The van der Waals surface area contributed by atoms with E-state index in [2.05, 4.69) is 15.0 Å². The van der Waals surface area contributed by atoms with Crippen molar-refractivity contribution in [1.82, 2.24) is 4.98 Å². The maximum absolute atomic E-state index is 9.21. The average molecular weight is 186 g/mol. The normalized spacial score (nSPS) is 9.71. The molecule has 1 N–H and O–H groups in total. The Morgan fingerprint density at radius 2 is 2.07 bits per heavy atom. The number of nitrogens with zero attached hydrogens (tertiary/aromatic N) is 4. The number of aromatic hydroxyl groups is 1. The zero-order valence-electron chi connectivity index (χ0n) is 7.12. The van der Waals surface area contributed by atoms with Gasteiger partial charge < -0.3 is 5.11 Å². The fourth-order valence-electron chi connectivity index (χ4n) is 1.20. The molecule has 0 fully saturated rings. The van der Waals surface area contributed by atoms with E-state index in [1.165, 1.54) is 6.07 Å². The van der Waals surface area contributed by atoms with Crippen LogP contribution in [0.15, 0.2) is 35.4 Å². The van der Waals surface area contributed by atoms with Crippen LogP contribution in [0.2, 0.25) is 0 Å². The van der Waals surface area contributed by atoms with Gasteiger partial charge in [-0.15, -0.1) is 0 Å². The van der Waals surface area contributed by atoms with Crippen LogP contribution in [0.4, 0.5) is 5.82 Å². The van der Waals surface area contributed by atoms with E-state index in [1.54, 1.807) is 24.3 Å². The van der Waals surface area contributed by atoms with E-state index in [9.17, 15) is 5.11 Å². The Kier molecular flexibility index (Phi) is 1.93. The molecule has 2 rings (SSSR count). The molecule has 1 heterocycles. The number of benzene rings is 1.